The van der Waals surface area contributed by atoms with Crippen LogP contribution < -0.4 is 0 Å². The van der Waals surface area contributed by atoms with Gasteiger partial charge in [-0.3, -0.25) is 4.79 Å². The SMILES string of the molecule is CC/C=C\C/C=C\C/C=C\C/C=C\C/C=C\C=C\C(=O)CCC. The lowest BCUT2D eigenvalue weighted by atomic mass is 10.2. The number of allylic oxidation sites excluding steroid dienone is 12. The monoisotopic (exact) mass is 312 g/mol. The van der Waals surface area contributed by atoms with E-state index in [9.17, 15) is 4.79 Å². The van der Waals surface area contributed by atoms with E-state index >= 15 is 0 Å². The molecule has 0 radical (unpaired) electrons. The maximum Gasteiger partial charge on any atom is 0.155 e. The Morgan fingerprint density at radius 3 is 1.61 bits per heavy atom. The molecular formula is C22H32O. The summed E-state index contributed by atoms with van der Waals surface area (Å²) in [5, 5.41) is 0. The Labute approximate surface area is 142 Å². The van der Waals surface area contributed by atoms with Gasteiger partial charge < -0.3 is 0 Å². The average molecular weight is 312 g/mol. The highest BCUT2D eigenvalue weighted by Gasteiger charge is 1.89. The molecule has 0 heterocycles. The molecule has 0 bridgehead atoms. The second-order valence-corrected chi connectivity index (χ2v) is 5.24. The normalized spacial score (nSPS) is 13.1. The molecule has 0 rings (SSSR count). The van der Waals surface area contributed by atoms with E-state index in [1.54, 1.807) is 6.08 Å². The Morgan fingerprint density at radius 1 is 0.652 bits per heavy atom. The summed E-state index contributed by atoms with van der Waals surface area (Å²) in [6.07, 6.45) is 31.6. The Bertz CT molecular complexity index is 445. The van der Waals surface area contributed by atoms with Gasteiger partial charge in [0.1, 0.15) is 0 Å². The first-order valence-corrected chi connectivity index (χ1v) is 8.77. The van der Waals surface area contributed by atoms with E-state index < -0.39 is 0 Å². The van der Waals surface area contributed by atoms with Gasteiger partial charge >= 0.3 is 0 Å². The van der Waals surface area contributed by atoms with Crippen molar-refractivity contribution < 1.29 is 4.79 Å². The van der Waals surface area contributed by atoms with E-state index in [0.29, 0.717) is 6.42 Å². The van der Waals surface area contributed by atoms with Gasteiger partial charge in [-0.25, -0.2) is 0 Å². The quantitative estimate of drug-likeness (QED) is 0.211. The summed E-state index contributed by atoms with van der Waals surface area (Å²) in [6, 6.07) is 0. The number of hydrogen-bond acceptors (Lipinski definition) is 1. The van der Waals surface area contributed by atoms with Crippen molar-refractivity contribution in [3.05, 3.63) is 72.9 Å². The van der Waals surface area contributed by atoms with Gasteiger partial charge in [0.05, 0.1) is 0 Å². The van der Waals surface area contributed by atoms with E-state index in [-0.39, 0.29) is 5.78 Å². The van der Waals surface area contributed by atoms with Gasteiger partial charge in [0, 0.05) is 6.42 Å². The van der Waals surface area contributed by atoms with E-state index in [4.69, 9.17) is 0 Å². The van der Waals surface area contributed by atoms with Gasteiger partial charge in [-0.15, -0.1) is 0 Å². The third-order valence-electron chi connectivity index (χ3n) is 3.02. The molecule has 0 aliphatic rings. The van der Waals surface area contributed by atoms with E-state index in [1.807, 2.05) is 19.1 Å². The van der Waals surface area contributed by atoms with E-state index in [1.165, 1.54) is 0 Å². The highest BCUT2D eigenvalue weighted by molar-refractivity contribution is 5.89. The summed E-state index contributed by atoms with van der Waals surface area (Å²) in [5.41, 5.74) is 0. The topological polar surface area (TPSA) is 17.1 Å². The van der Waals surface area contributed by atoms with Crippen molar-refractivity contribution in [2.45, 2.75) is 58.8 Å². The van der Waals surface area contributed by atoms with Crippen LogP contribution >= 0.6 is 0 Å². The summed E-state index contributed by atoms with van der Waals surface area (Å²) >= 11 is 0. The molecule has 0 atom stereocenters. The first-order valence-electron chi connectivity index (χ1n) is 8.77. The first kappa shape index (κ1) is 21.1. The Balaban J connectivity index is 3.61. The molecule has 1 nitrogen and oxygen atoms in total. The van der Waals surface area contributed by atoms with Crippen molar-refractivity contribution >= 4 is 5.78 Å². The molecule has 0 aliphatic carbocycles. The van der Waals surface area contributed by atoms with Crippen molar-refractivity contribution in [1.29, 1.82) is 0 Å². The molecule has 0 N–H and O–H groups in total. The van der Waals surface area contributed by atoms with Gasteiger partial charge in [0.15, 0.2) is 5.78 Å². The number of ketones is 1. The van der Waals surface area contributed by atoms with Gasteiger partial charge in [-0.2, -0.15) is 0 Å². The van der Waals surface area contributed by atoms with Crippen LogP contribution in [0.1, 0.15) is 58.8 Å². The Morgan fingerprint density at radius 2 is 1.13 bits per heavy atom. The minimum atomic E-state index is 0.202. The molecule has 0 spiro atoms. The molecule has 0 aromatic carbocycles. The average Bonchev–Trinajstić information content (AvgIpc) is 2.54. The largest absolute Gasteiger partial charge is 0.295 e. The molecule has 0 aromatic heterocycles. The zero-order chi connectivity index (χ0) is 17.0. The smallest absolute Gasteiger partial charge is 0.155 e. The Kier molecular flexibility index (Phi) is 16.7. The number of carbonyl (C=O) groups is 1. The molecule has 0 aliphatic heterocycles. The van der Waals surface area contributed by atoms with E-state index in [0.717, 1.165) is 38.5 Å². The van der Waals surface area contributed by atoms with Crippen molar-refractivity contribution in [3.63, 3.8) is 0 Å². The van der Waals surface area contributed by atoms with Gasteiger partial charge in [0.25, 0.3) is 0 Å². The van der Waals surface area contributed by atoms with Crippen LogP contribution in [0.4, 0.5) is 0 Å². The lowest BCUT2D eigenvalue weighted by Crippen LogP contribution is -1.88. The fraction of sp³-hybridized carbons (Fsp3) is 0.409. The van der Waals surface area contributed by atoms with Crippen LogP contribution in [0.2, 0.25) is 0 Å². The summed E-state index contributed by atoms with van der Waals surface area (Å²) in [6.45, 7) is 4.17. The lowest BCUT2D eigenvalue weighted by Gasteiger charge is -1.86. The van der Waals surface area contributed by atoms with Gasteiger partial charge in [-0.1, -0.05) is 80.7 Å². The molecule has 0 unspecified atom stereocenters. The number of rotatable bonds is 13. The van der Waals surface area contributed by atoms with Crippen LogP contribution in [0.25, 0.3) is 0 Å². The van der Waals surface area contributed by atoms with Crippen molar-refractivity contribution in [2.75, 3.05) is 0 Å². The second kappa shape index (κ2) is 18.2. The van der Waals surface area contributed by atoms with Crippen LogP contribution in [0.15, 0.2) is 72.9 Å². The molecule has 0 saturated carbocycles. The molecule has 0 aromatic rings. The third-order valence-corrected chi connectivity index (χ3v) is 3.02. The summed E-state index contributed by atoms with van der Waals surface area (Å²) in [7, 11) is 0. The van der Waals surface area contributed by atoms with Crippen molar-refractivity contribution in [2.24, 2.45) is 0 Å². The van der Waals surface area contributed by atoms with Gasteiger partial charge in [-0.05, 0) is 44.6 Å². The molecule has 0 fully saturated rings. The fourth-order valence-electron chi connectivity index (χ4n) is 1.80. The minimum Gasteiger partial charge on any atom is -0.295 e. The molecule has 0 amide bonds. The number of carbonyl (C=O) groups excluding carboxylic acids is 1. The molecular weight excluding hydrogens is 280 g/mol. The van der Waals surface area contributed by atoms with Crippen LogP contribution in [0.5, 0.6) is 0 Å². The predicted molar refractivity (Wildman–Crippen MR) is 104 cm³/mol. The molecule has 126 valence electrons. The van der Waals surface area contributed by atoms with Crippen LogP contribution in [-0.2, 0) is 4.79 Å². The summed E-state index contributed by atoms with van der Waals surface area (Å²) in [5.74, 6) is 0.202. The zero-order valence-corrected chi connectivity index (χ0v) is 14.8. The van der Waals surface area contributed by atoms with Crippen LogP contribution in [0, 0.1) is 0 Å². The lowest BCUT2D eigenvalue weighted by molar-refractivity contribution is -0.114. The minimum absolute atomic E-state index is 0.202. The maximum atomic E-state index is 11.2. The predicted octanol–water partition coefficient (Wildman–Crippen LogP) is 6.66. The molecule has 0 saturated heterocycles. The summed E-state index contributed by atoms with van der Waals surface area (Å²) in [4.78, 5) is 11.2. The Hall–Kier alpha value is -1.89. The second-order valence-electron chi connectivity index (χ2n) is 5.24. The highest BCUT2D eigenvalue weighted by atomic mass is 16.1. The number of hydrogen-bond donors (Lipinski definition) is 0. The molecule has 23 heavy (non-hydrogen) atoms. The maximum absolute atomic E-state index is 11.2. The third kappa shape index (κ3) is 18.1. The fourth-order valence-corrected chi connectivity index (χ4v) is 1.80. The zero-order valence-electron chi connectivity index (χ0n) is 14.8. The standard InChI is InChI=1S/C22H32O/c1-3-5-6-7-8-9-10-11-12-13-14-15-16-17-18-19-21-22(23)20-4-2/h5-6,8-9,11-12,14-15,17-19,21H,3-4,7,10,13,16,20H2,1-2H3/b6-5-,9-8-,12-11-,15-14-,18-17-,21-19+. The van der Waals surface area contributed by atoms with E-state index in [2.05, 4.69) is 61.6 Å². The first-order chi connectivity index (χ1) is 11.3. The van der Waals surface area contributed by atoms with Crippen LogP contribution in [0.3, 0.4) is 0 Å². The van der Waals surface area contributed by atoms with Crippen LogP contribution in [-0.4, -0.2) is 5.78 Å². The molecule has 1 heteroatoms. The van der Waals surface area contributed by atoms with Crippen molar-refractivity contribution in [3.8, 4) is 0 Å². The van der Waals surface area contributed by atoms with Gasteiger partial charge in [0.2, 0.25) is 0 Å². The van der Waals surface area contributed by atoms with Crippen molar-refractivity contribution in [1.82, 2.24) is 0 Å². The highest BCUT2D eigenvalue weighted by Crippen LogP contribution is 1.96. The summed E-state index contributed by atoms with van der Waals surface area (Å²) < 4.78 is 0.